The van der Waals surface area contributed by atoms with Crippen LogP contribution in [0.2, 0.25) is 0 Å². The lowest BCUT2D eigenvalue weighted by atomic mass is 9.93. The Balaban J connectivity index is 2.42. The average molecular weight is 450 g/mol. The molecule has 1 unspecified atom stereocenters. The number of hydrogen-bond acceptors (Lipinski definition) is 6. The molecule has 1 aliphatic heterocycles. The van der Waals surface area contributed by atoms with E-state index in [-0.39, 0.29) is 11.0 Å². The summed E-state index contributed by atoms with van der Waals surface area (Å²) in [7, 11) is 0. The van der Waals surface area contributed by atoms with Gasteiger partial charge in [0.15, 0.2) is 5.11 Å². The van der Waals surface area contributed by atoms with Gasteiger partial charge in [0.05, 0.1) is 11.6 Å². The summed E-state index contributed by atoms with van der Waals surface area (Å²) in [4.78, 5) is 29.1. The highest BCUT2D eigenvalue weighted by atomic mass is 32.2. The van der Waals surface area contributed by atoms with E-state index in [1.165, 1.54) is 11.8 Å². The standard InChI is InChI=1S/C22H31N3O3S2/c1-6-24(7-2)18-11-9-17(10-12-18)20-19(21(27)28-13-14-30-8-3)15(4)23-22(29)25(20)16(5)26/h9-12,20H,6-8,13-14H2,1-5H3,(H,23,29). The van der Waals surface area contributed by atoms with Crippen LogP contribution in [-0.4, -0.2) is 53.1 Å². The Morgan fingerprint density at radius 2 is 1.83 bits per heavy atom. The van der Waals surface area contributed by atoms with Crippen molar-refractivity contribution in [2.45, 2.75) is 40.7 Å². The third-order valence-electron chi connectivity index (χ3n) is 5.01. The number of esters is 1. The molecule has 1 aromatic carbocycles. The van der Waals surface area contributed by atoms with Crippen molar-refractivity contribution < 1.29 is 14.3 Å². The first-order chi connectivity index (χ1) is 14.3. The van der Waals surface area contributed by atoms with Gasteiger partial charge in [-0.25, -0.2) is 4.79 Å². The molecule has 0 fully saturated rings. The maximum absolute atomic E-state index is 13.0. The summed E-state index contributed by atoms with van der Waals surface area (Å²) in [5.41, 5.74) is 2.94. The van der Waals surface area contributed by atoms with Crippen LogP contribution in [-0.2, 0) is 14.3 Å². The van der Waals surface area contributed by atoms with Gasteiger partial charge >= 0.3 is 5.97 Å². The first kappa shape index (κ1) is 24.2. The highest BCUT2D eigenvalue weighted by Gasteiger charge is 2.38. The Morgan fingerprint density at radius 1 is 1.20 bits per heavy atom. The SMILES string of the molecule is CCSCCOC(=O)C1=C(C)NC(=S)N(C(C)=O)C1c1ccc(N(CC)CC)cc1. The van der Waals surface area contributed by atoms with Crippen LogP contribution in [0.5, 0.6) is 0 Å². The van der Waals surface area contributed by atoms with E-state index in [4.69, 9.17) is 17.0 Å². The smallest absolute Gasteiger partial charge is 0.338 e. The number of thioether (sulfide) groups is 1. The number of rotatable bonds is 9. The molecule has 1 heterocycles. The van der Waals surface area contributed by atoms with Crippen LogP contribution in [0, 0.1) is 0 Å². The maximum atomic E-state index is 13.0. The molecule has 1 aliphatic rings. The third kappa shape index (κ3) is 5.55. The predicted octanol–water partition coefficient (Wildman–Crippen LogP) is 3.88. The molecule has 6 nitrogen and oxygen atoms in total. The van der Waals surface area contributed by atoms with Crippen molar-refractivity contribution >= 4 is 46.7 Å². The number of carbonyl (C=O) groups is 2. The zero-order chi connectivity index (χ0) is 22.3. The summed E-state index contributed by atoms with van der Waals surface area (Å²) in [5.74, 6) is 1.04. The van der Waals surface area contributed by atoms with Gasteiger partial charge < -0.3 is 15.0 Å². The number of nitrogens with zero attached hydrogens (tertiary/aromatic N) is 2. The average Bonchev–Trinajstić information content (AvgIpc) is 2.71. The van der Waals surface area contributed by atoms with Crippen LogP contribution in [0.3, 0.4) is 0 Å². The number of ether oxygens (including phenoxy) is 1. The van der Waals surface area contributed by atoms with Crippen molar-refractivity contribution in [1.82, 2.24) is 10.2 Å². The van der Waals surface area contributed by atoms with Gasteiger partial charge in [0, 0.05) is 37.2 Å². The fourth-order valence-electron chi connectivity index (χ4n) is 3.52. The number of allylic oxidation sites excluding steroid dienone is 1. The Hall–Kier alpha value is -2.06. The highest BCUT2D eigenvalue weighted by Crippen LogP contribution is 2.35. The maximum Gasteiger partial charge on any atom is 0.338 e. The normalized spacial score (nSPS) is 16.4. The molecule has 0 radical (unpaired) electrons. The van der Waals surface area contributed by atoms with Crippen LogP contribution in [0.25, 0.3) is 0 Å². The van der Waals surface area contributed by atoms with E-state index in [0.717, 1.165) is 35.8 Å². The van der Waals surface area contributed by atoms with Crippen LogP contribution >= 0.6 is 24.0 Å². The summed E-state index contributed by atoms with van der Waals surface area (Å²) in [6.07, 6.45) is 0. The Kier molecular flexibility index (Phi) is 9.17. The van der Waals surface area contributed by atoms with Crippen molar-refractivity contribution in [3.8, 4) is 0 Å². The largest absolute Gasteiger partial charge is 0.461 e. The number of hydrogen-bond donors (Lipinski definition) is 1. The molecule has 164 valence electrons. The predicted molar refractivity (Wildman–Crippen MR) is 128 cm³/mol. The van der Waals surface area contributed by atoms with E-state index in [1.807, 2.05) is 24.3 Å². The lowest BCUT2D eigenvalue weighted by molar-refractivity contribution is -0.139. The minimum absolute atomic E-state index is 0.232. The molecule has 1 N–H and O–H groups in total. The number of thiocarbonyl (C=S) groups is 1. The highest BCUT2D eigenvalue weighted by molar-refractivity contribution is 7.99. The van der Waals surface area contributed by atoms with Gasteiger partial charge in [-0.1, -0.05) is 19.1 Å². The number of anilines is 1. The van der Waals surface area contributed by atoms with Crippen molar-refractivity contribution in [3.05, 3.63) is 41.1 Å². The Morgan fingerprint density at radius 3 is 2.37 bits per heavy atom. The topological polar surface area (TPSA) is 61.9 Å². The molecule has 0 saturated heterocycles. The van der Waals surface area contributed by atoms with Crippen molar-refractivity contribution in [1.29, 1.82) is 0 Å². The van der Waals surface area contributed by atoms with Gasteiger partial charge in [0.1, 0.15) is 6.61 Å². The van der Waals surface area contributed by atoms with Gasteiger partial charge in [-0.05, 0) is 56.4 Å². The second-order valence-electron chi connectivity index (χ2n) is 6.86. The molecular weight excluding hydrogens is 418 g/mol. The lowest BCUT2D eigenvalue weighted by Gasteiger charge is -2.38. The molecule has 0 aliphatic carbocycles. The van der Waals surface area contributed by atoms with Crippen LogP contribution < -0.4 is 10.2 Å². The summed E-state index contributed by atoms with van der Waals surface area (Å²) in [6.45, 7) is 11.7. The molecule has 1 aromatic rings. The van der Waals surface area contributed by atoms with E-state index in [9.17, 15) is 9.59 Å². The summed E-state index contributed by atoms with van der Waals surface area (Å²) < 4.78 is 5.52. The van der Waals surface area contributed by atoms with Gasteiger partial charge in [-0.2, -0.15) is 11.8 Å². The lowest BCUT2D eigenvalue weighted by Crippen LogP contribution is -2.50. The van der Waals surface area contributed by atoms with E-state index in [1.54, 1.807) is 18.7 Å². The van der Waals surface area contributed by atoms with Gasteiger partial charge in [-0.15, -0.1) is 0 Å². The van der Waals surface area contributed by atoms with E-state index in [2.05, 4.69) is 31.0 Å². The summed E-state index contributed by atoms with van der Waals surface area (Å²) in [5, 5.41) is 3.28. The van der Waals surface area contributed by atoms with Crippen molar-refractivity contribution in [2.75, 3.05) is 36.1 Å². The second-order valence-corrected chi connectivity index (χ2v) is 8.64. The monoisotopic (exact) mass is 449 g/mol. The molecule has 0 aromatic heterocycles. The molecule has 0 spiro atoms. The number of carbonyl (C=O) groups excluding carboxylic acids is 2. The third-order valence-corrected chi connectivity index (χ3v) is 6.17. The van der Waals surface area contributed by atoms with E-state index < -0.39 is 12.0 Å². The van der Waals surface area contributed by atoms with Crippen LogP contribution in [0.15, 0.2) is 35.5 Å². The summed E-state index contributed by atoms with van der Waals surface area (Å²) in [6, 6.07) is 7.32. The second kappa shape index (κ2) is 11.4. The molecule has 8 heteroatoms. The molecule has 0 saturated carbocycles. The fourth-order valence-corrected chi connectivity index (χ4v) is 4.39. The van der Waals surface area contributed by atoms with Crippen LogP contribution in [0.1, 0.15) is 46.2 Å². The number of benzene rings is 1. The molecule has 2 rings (SSSR count). The van der Waals surface area contributed by atoms with E-state index in [0.29, 0.717) is 17.9 Å². The van der Waals surface area contributed by atoms with Crippen molar-refractivity contribution in [3.63, 3.8) is 0 Å². The van der Waals surface area contributed by atoms with Gasteiger partial charge in [0.25, 0.3) is 0 Å². The van der Waals surface area contributed by atoms with Crippen molar-refractivity contribution in [2.24, 2.45) is 0 Å². The van der Waals surface area contributed by atoms with Crippen LogP contribution in [0.4, 0.5) is 5.69 Å². The van der Waals surface area contributed by atoms with E-state index >= 15 is 0 Å². The quantitative estimate of drug-likeness (QED) is 0.349. The molecule has 30 heavy (non-hydrogen) atoms. The Bertz CT molecular complexity index is 804. The molecular formula is C22H31N3O3S2. The van der Waals surface area contributed by atoms with Gasteiger partial charge in [0.2, 0.25) is 5.91 Å². The van der Waals surface area contributed by atoms with Gasteiger partial charge in [-0.3, -0.25) is 9.69 Å². The number of amides is 1. The fraction of sp³-hybridized carbons (Fsp3) is 0.500. The molecule has 1 amide bonds. The first-order valence-corrected chi connectivity index (χ1v) is 11.8. The minimum atomic E-state index is -0.617. The Labute approximate surface area is 189 Å². The molecule has 1 atom stereocenters. The first-order valence-electron chi connectivity index (χ1n) is 10.3. The summed E-state index contributed by atoms with van der Waals surface area (Å²) >= 11 is 7.13. The zero-order valence-electron chi connectivity index (χ0n) is 18.4. The number of nitrogens with one attached hydrogen (secondary N) is 1. The molecule has 0 bridgehead atoms. The minimum Gasteiger partial charge on any atom is -0.461 e. The zero-order valence-corrected chi connectivity index (χ0v) is 20.0.